The summed E-state index contributed by atoms with van der Waals surface area (Å²) in [5.41, 5.74) is 6.36. The predicted octanol–water partition coefficient (Wildman–Crippen LogP) is 2.03. The van der Waals surface area contributed by atoms with Gasteiger partial charge in [0.05, 0.1) is 12.3 Å². The van der Waals surface area contributed by atoms with Gasteiger partial charge in [-0.3, -0.25) is 0 Å². The number of nitrogens with one attached hydrogen (secondary N) is 1. The highest BCUT2D eigenvalue weighted by atomic mass is 16.5. The van der Waals surface area contributed by atoms with Crippen molar-refractivity contribution in [2.45, 2.75) is 32.2 Å². The van der Waals surface area contributed by atoms with Crippen molar-refractivity contribution < 1.29 is 4.74 Å². The molecule has 1 heterocycles. The van der Waals surface area contributed by atoms with Crippen molar-refractivity contribution in [2.24, 2.45) is 0 Å². The van der Waals surface area contributed by atoms with E-state index in [4.69, 9.17) is 10.5 Å². The number of ether oxygens (including phenoxy) is 1. The molecule has 2 rings (SSSR count). The monoisotopic (exact) mass is 207 g/mol. The van der Waals surface area contributed by atoms with Gasteiger partial charge in [0.1, 0.15) is 5.82 Å². The molecular weight excluding hydrogens is 190 g/mol. The van der Waals surface area contributed by atoms with Crippen LogP contribution in [0.15, 0.2) is 12.1 Å². The lowest BCUT2D eigenvalue weighted by Gasteiger charge is -2.09. The van der Waals surface area contributed by atoms with Crippen molar-refractivity contribution in [1.29, 1.82) is 0 Å². The molecule has 0 saturated heterocycles. The lowest BCUT2D eigenvalue weighted by Crippen LogP contribution is -2.06. The lowest BCUT2D eigenvalue weighted by molar-refractivity contribution is 0.307. The van der Waals surface area contributed by atoms with Gasteiger partial charge in [-0.1, -0.05) is 6.92 Å². The fourth-order valence-corrected chi connectivity index (χ4v) is 1.28. The topological polar surface area (TPSA) is 60.2 Å². The molecule has 1 aliphatic rings. The molecule has 82 valence electrons. The Morgan fingerprint density at radius 2 is 2.33 bits per heavy atom. The van der Waals surface area contributed by atoms with Crippen molar-refractivity contribution in [1.82, 2.24) is 4.98 Å². The third-order valence-electron chi connectivity index (χ3n) is 2.26. The molecule has 0 aliphatic heterocycles. The van der Waals surface area contributed by atoms with E-state index in [0.29, 0.717) is 24.2 Å². The van der Waals surface area contributed by atoms with E-state index >= 15 is 0 Å². The standard InChI is InChI=1S/C11H17N3O/c1-2-7-15-11-9(12)5-6-10(14-11)13-8-3-4-8/h5-6,8H,2-4,7,12H2,1H3,(H,13,14). The van der Waals surface area contributed by atoms with E-state index in [2.05, 4.69) is 17.2 Å². The fraction of sp³-hybridized carbons (Fsp3) is 0.545. The summed E-state index contributed by atoms with van der Waals surface area (Å²) in [7, 11) is 0. The maximum Gasteiger partial charge on any atom is 0.239 e. The first kappa shape index (κ1) is 10.1. The average Bonchev–Trinajstić information content (AvgIpc) is 3.03. The fourth-order valence-electron chi connectivity index (χ4n) is 1.28. The quantitative estimate of drug-likeness (QED) is 0.775. The maximum atomic E-state index is 5.76. The molecule has 15 heavy (non-hydrogen) atoms. The van der Waals surface area contributed by atoms with Gasteiger partial charge in [-0.2, -0.15) is 4.98 Å². The number of anilines is 2. The molecule has 1 aromatic rings. The molecule has 1 fully saturated rings. The zero-order valence-electron chi connectivity index (χ0n) is 8.99. The molecule has 0 amide bonds. The van der Waals surface area contributed by atoms with Crippen LogP contribution in [0.25, 0.3) is 0 Å². The second kappa shape index (κ2) is 4.38. The van der Waals surface area contributed by atoms with Crippen LogP contribution in [0.3, 0.4) is 0 Å². The minimum Gasteiger partial charge on any atom is -0.476 e. The van der Waals surface area contributed by atoms with E-state index in [9.17, 15) is 0 Å². The number of nitrogens with two attached hydrogens (primary N) is 1. The largest absolute Gasteiger partial charge is 0.476 e. The highest BCUT2D eigenvalue weighted by Gasteiger charge is 2.21. The molecule has 1 aliphatic carbocycles. The van der Waals surface area contributed by atoms with Crippen LogP contribution < -0.4 is 15.8 Å². The van der Waals surface area contributed by atoms with Crippen molar-refractivity contribution in [3.05, 3.63) is 12.1 Å². The molecule has 0 atom stereocenters. The van der Waals surface area contributed by atoms with Crippen LogP contribution in [0.2, 0.25) is 0 Å². The lowest BCUT2D eigenvalue weighted by atomic mass is 10.4. The summed E-state index contributed by atoms with van der Waals surface area (Å²) < 4.78 is 5.45. The summed E-state index contributed by atoms with van der Waals surface area (Å²) in [5, 5.41) is 3.31. The maximum absolute atomic E-state index is 5.76. The molecule has 0 radical (unpaired) electrons. The number of nitrogen functional groups attached to an aromatic ring is 1. The van der Waals surface area contributed by atoms with Gasteiger partial charge < -0.3 is 15.8 Å². The van der Waals surface area contributed by atoms with Crippen LogP contribution in [0, 0.1) is 0 Å². The summed E-state index contributed by atoms with van der Waals surface area (Å²) in [6.07, 6.45) is 3.43. The third kappa shape index (κ3) is 2.75. The number of rotatable bonds is 5. The van der Waals surface area contributed by atoms with Crippen molar-refractivity contribution in [3.63, 3.8) is 0 Å². The zero-order valence-corrected chi connectivity index (χ0v) is 8.99. The highest BCUT2D eigenvalue weighted by Crippen LogP contribution is 2.26. The van der Waals surface area contributed by atoms with Crippen LogP contribution in [0.1, 0.15) is 26.2 Å². The summed E-state index contributed by atoms with van der Waals surface area (Å²) in [5.74, 6) is 1.40. The Hall–Kier alpha value is -1.45. The van der Waals surface area contributed by atoms with Gasteiger partial charge in [0.2, 0.25) is 5.88 Å². The SMILES string of the molecule is CCCOc1nc(NC2CC2)ccc1N. The van der Waals surface area contributed by atoms with E-state index in [1.807, 2.05) is 12.1 Å². The molecule has 4 heteroatoms. The van der Waals surface area contributed by atoms with Crippen LogP contribution in [0.5, 0.6) is 5.88 Å². The summed E-state index contributed by atoms with van der Waals surface area (Å²) in [6, 6.07) is 4.33. The summed E-state index contributed by atoms with van der Waals surface area (Å²) in [4.78, 5) is 4.33. The van der Waals surface area contributed by atoms with Crippen molar-refractivity contribution in [3.8, 4) is 5.88 Å². The van der Waals surface area contributed by atoms with Crippen LogP contribution in [0.4, 0.5) is 11.5 Å². The van der Waals surface area contributed by atoms with Gasteiger partial charge in [-0.25, -0.2) is 0 Å². The first-order valence-corrected chi connectivity index (χ1v) is 5.45. The molecule has 1 saturated carbocycles. The Balaban J connectivity index is 2.05. The zero-order chi connectivity index (χ0) is 10.7. The molecule has 3 N–H and O–H groups in total. The second-order valence-electron chi connectivity index (χ2n) is 3.86. The minimum absolute atomic E-state index is 0.544. The van der Waals surface area contributed by atoms with E-state index in [0.717, 1.165) is 12.2 Å². The van der Waals surface area contributed by atoms with Gasteiger partial charge in [0.15, 0.2) is 0 Å². The molecule has 0 unspecified atom stereocenters. The number of aromatic nitrogens is 1. The normalized spacial score (nSPS) is 15.0. The average molecular weight is 207 g/mol. The van der Waals surface area contributed by atoms with Gasteiger partial charge in [-0.05, 0) is 31.4 Å². The Morgan fingerprint density at radius 3 is 3.00 bits per heavy atom. The highest BCUT2D eigenvalue weighted by molar-refractivity contribution is 5.54. The summed E-state index contributed by atoms with van der Waals surface area (Å²) >= 11 is 0. The third-order valence-corrected chi connectivity index (χ3v) is 2.26. The van der Waals surface area contributed by atoms with Crippen LogP contribution in [-0.4, -0.2) is 17.6 Å². The van der Waals surface area contributed by atoms with E-state index in [1.165, 1.54) is 12.8 Å². The number of hydrogen-bond acceptors (Lipinski definition) is 4. The van der Waals surface area contributed by atoms with E-state index < -0.39 is 0 Å². The molecule has 0 bridgehead atoms. The number of hydrogen-bond donors (Lipinski definition) is 2. The summed E-state index contributed by atoms with van der Waals surface area (Å²) in [6.45, 7) is 2.71. The minimum atomic E-state index is 0.544. The van der Waals surface area contributed by atoms with Gasteiger partial charge in [0, 0.05) is 6.04 Å². The second-order valence-corrected chi connectivity index (χ2v) is 3.86. The van der Waals surface area contributed by atoms with Crippen LogP contribution >= 0.6 is 0 Å². The molecule has 4 nitrogen and oxygen atoms in total. The van der Waals surface area contributed by atoms with Crippen molar-refractivity contribution >= 4 is 11.5 Å². The van der Waals surface area contributed by atoms with Gasteiger partial charge in [0.25, 0.3) is 0 Å². The Morgan fingerprint density at radius 1 is 1.53 bits per heavy atom. The molecule has 0 aromatic carbocycles. The molecule has 1 aromatic heterocycles. The Bertz CT molecular complexity index is 337. The van der Waals surface area contributed by atoms with E-state index in [1.54, 1.807) is 0 Å². The molecule has 0 spiro atoms. The predicted molar refractivity (Wildman–Crippen MR) is 61.1 cm³/mol. The first-order chi connectivity index (χ1) is 7.29. The van der Waals surface area contributed by atoms with Gasteiger partial charge >= 0.3 is 0 Å². The Labute approximate surface area is 89.8 Å². The Kier molecular flexibility index (Phi) is 2.94. The van der Waals surface area contributed by atoms with Crippen LogP contribution in [-0.2, 0) is 0 Å². The smallest absolute Gasteiger partial charge is 0.239 e. The first-order valence-electron chi connectivity index (χ1n) is 5.45. The van der Waals surface area contributed by atoms with Crippen molar-refractivity contribution in [2.75, 3.05) is 17.7 Å². The number of pyridine rings is 1. The van der Waals surface area contributed by atoms with E-state index in [-0.39, 0.29) is 0 Å². The molecular formula is C11H17N3O. The van der Waals surface area contributed by atoms with Gasteiger partial charge in [-0.15, -0.1) is 0 Å². The number of nitrogens with zero attached hydrogens (tertiary/aromatic N) is 1.